The highest BCUT2D eigenvalue weighted by Crippen LogP contribution is 2.35. The van der Waals surface area contributed by atoms with E-state index in [1.165, 1.54) is 0 Å². The van der Waals surface area contributed by atoms with E-state index in [1.807, 2.05) is 0 Å². The Morgan fingerprint density at radius 3 is 2.47 bits per heavy atom. The molecule has 15 heavy (non-hydrogen) atoms. The van der Waals surface area contributed by atoms with Crippen LogP contribution in [0.4, 0.5) is 0 Å². The van der Waals surface area contributed by atoms with Gasteiger partial charge in [-0.15, -0.1) is 0 Å². The molecule has 0 heterocycles. The first-order valence-electron chi connectivity index (χ1n) is 5.40. The number of hydrogen-bond donors (Lipinski definition) is 0. The number of rotatable bonds is 7. The second-order valence-electron chi connectivity index (χ2n) is 3.77. The number of carbonyl (C=O) groups is 2. The normalized spacial score (nSPS) is 17.2. The summed E-state index contributed by atoms with van der Waals surface area (Å²) in [5, 5.41) is 0. The molecule has 1 unspecified atom stereocenters. The molecule has 1 rings (SSSR count). The number of ether oxygens (including phenoxy) is 2. The van der Waals surface area contributed by atoms with Crippen LogP contribution in [0.2, 0.25) is 0 Å². The van der Waals surface area contributed by atoms with E-state index in [2.05, 4.69) is 0 Å². The molecule has 4 heteroatoms. The molecule has 0 radical (unpaired) electrons. The number of Topliss-reactive ketones (excluding diaryl/α,β-unsaturated/α-hetero) is 1. The SMILES string of the molecule is CCOC(=O)CCC(=O)C(OC)C1CC1. The molecule has 1 fully saturated rings. The third-order valence-corrected chi connectivity index (χ3v) is 2.50. The van der Waals surface area contributed by atoms with Crippen LogP contribution >= 0.6 is 0 Å². The summed E-state index contributed by atoms with van der Waals surface area (Å²) < 4.78 is 9.88. The first kappa shape index (κ1) is 12.2. The summed E-state index contributed by atoms with van der Waals surface area (Å²) in [6, 6.07) is 0. The molecule has 0 saturated heterocycles. The van der Waals surface area contributed by atoms with E-state index >= 15 is 0 Å². The molecule has 0 N–H and O–H groups in total. The minimum atomic E-state index is -0.309. The highest BCUT2D eigenvalue weighted by Gasteiger charge is 2.35. The Kier molecular flexibility index (Phi) is 4.75. The van der Waals surface area contributed by atoms with E-state index in [1.54, 1.807) is 14.0 Å². The van der Waals surface area contributed by atoms with Crippen molar-refractivity contribution in [3.05, 3.63) is 0 Å². The largest absolute Gasteiger partial charge is 0.466 e. The van der Waals surface area contributed by atoms with Crippen molar-refractivity contribution in [2.75, 3.05) is 13.7 Å². The van der Waals surface area contributed by atoms with Crippen LogP contribution in [0.5, 0.6) is 0 Å². The number of esters is 1. The van der Waals surface area contributed by atoms with Crippen LogP contribution in [0, 0.1) is 5.92 Å². The maximum atomic E-state index is 11.6. The quantitative estimate of drug-likeness (QED) is 0.600. The van der Waals surface area contributed by atoms with Gasteiger partial charge < -0.3 is 9.47 Å². The van der Waals surface area contributed by atoms with Crippen molar-refractivity contribution in [1.29, 1.82) is 0 Å². The summed E-state index contributed by atoms with van der Waals surface area (Å²) >= 11 is 0. The average Bonchev–Trinajstić information content (AvgIpc) is 3.00. The lowest BCUT2D eigenvalue weighted by molar-refractivity contribution is -0.145. The third-order valence-electron chi connectivity index (χ3n) is 2.50. The van der Waals surface area contributed by atoms with E-state index < -0.39 is 0 Å². The molecular weight excluding hydrogens is 196 g/mol. The van der Waals surface area contributed by atoms with Crippen molar-refractivity contribution < 1.29 is 19.1 Å². The minimum Gasteiger partial charge on any atom is -0.466 e. The fraction of sp³-hybridized carbons (Fsp3) is 0.818. The zero-order valence-electron chi connectivity index (χ0n) is 9.32. The molecule has 0 bridgehead atoms. The van der Waals surface area contributed by atoms with Crippen molar-refractivity contribution in [2.45, 2.75) is 38.7 Å². The van der Waals surface area contributed by atoms with Gasteiger partial charge in [-0.2, -0.15) is 0 Å². The average molecular weight is 214 g/mol. The molecule has 1 aliphatic carbocycles. The zero-order chi connectivity index (χ0) is 11.3. The third kappa shape index (κ3) is 4.00. The lowest BCUT2D eigenvalue weighted by atomic mass is 10.1. The van der Waals surface area contributed by atoms with Gasteiger partial charge >= 0.3 is 5.97 Å². The van der Waals surface area contributed by atoms with Gasteiger partial charge in [0.2, 0.25) is 0 Å². The first-order chi connectivity index (χ1) is 7.19. The number of ketones is 1. The number of methoxy groups -OCH3 is 1. The van der Waals surface area contributed by atoms with E-state index in [9.17, 15) is 9.59 Å². The van der Waals surface area contributed by atoms with Crippen LogP contribution in [0.1, 0.15) is 32.6 Å². The Bertz CT molecular complexity index is 233. The van der Waals surface area contributed by atoms with Crippen LogP contribution in [0.15, 0.2) is 0 Å². The lowest BCUT2D eigenvalue weighted by Crippen LogP contribution is -2.25. The predicted octanol–water partition coefficient (Wildman–Crippen LogP) is 1.32. The number of hydrogen-bond acceptors (Lipinski definition) is 4. The molecule has 1 aliphatic rings. The van der Waals surface area contributed by atoms with E-state index in [4.69, 9.17) is 9.47 Å². The number of carbonyl (C=O) groups excluding carboxylic acids is 2. The summed E-state index contributed by atoms with van der Waals surface area (Å²) in [6.07, 6.45) is 2.21. The van der Waals surface area contributed by atoms with E-state index in [0.29, 0.717) is 12.5 Å². The molecule has 0 aromatic carbocycles. The van der Waals surface area contributed by atoms with Crippen molar-refractivity contribution in [3.8, 4) is 0 Å². The topological polar surface area (TPSA) is 52.6 Å². The molecule has 0 aromatic heterocycles. The standard InChI is InChI=1S/C11H18O4/c1-3-15-10(13)7-6-9(12)11(14-2)8-4-5-8/h8,11H,3-7H2,1-2H3. The second kappa shape index (κ2) is 5.85. The van der Waals surface area contributed by atoms with Crippen LogP contribution in [0.3, 0.4) is 0 Å². The Balaban J connectivity index is 2.24. The minimum absolute atomic E-state index is 0.0213. The predicted molar refractivity (Wildman–Crippen MR) is 54.4 cm³/mol. The van der Waals surface area contributed by atoms with E-state index in [0.717, 1.165) is 12.8 Å². The summed E-state index contributed by atoms with van der Waals surface area (Å²) in [7, 11) is 1.55. The molecule has 1 saturated carbocycles. The Morgan fingerprint density at radius 1 is 1.33 bits per heavy atom. The summed E-state index contributed by atoms with van der Waals surface area (Å²) in [5.74, 6) is 0.0919. The van der Waals surface area contributed by atoms with Gasteiger partial charge in [0.05, 0.1) is 13.0 Å². The van der Waals surface area contributed by atoms with Crippen LogP contribution in [-0.2, 0) is 19.1 Å². The Hall–Kier alpha value is -0.900. The Labute approximate surface area is 89.9 Å². The zero-order valence-corrected chi connectivity index (χ0v) is 9.32. The van der Waals surface area contributed by atoms with E-state index in [-0.39, 0.29) is 30.7 Å². The van der Waals surface area contributed by atoms with Crippen molar-refractivity contribution in [3.63, 3.8) is 0 Å². The highest BCUT2D eigenvalue weighted by molar-refractivity contribution is 5.86. The lowest BCUT2D eigenvalue weighted by Gasteiger charge is -2.12. The molecule has 0 amide bonds. The second-order valence-corrected chi connectivity index (χ2v) is 3.77. The van der Waals surface area contributed by atoms with Gasteiger partial charge in [-0.1, -0.05) is 0 Å². The van der Waals surface area contributed by atoms with Gasteiger partial charge in [0.15, 0.2) is 5.78 Å². The molecule has 1 atom stereocenters. The summed E-state index contributed by atoms with van der Waals surface area (Å²) in [5.41, 5.74) is 0. The maximum Gasteiger partial charge on any atom is 0.306 e. The van der Waals surface area contributed by atoms with Crippen LogP contribution in [-0.4, -0.2) is 31.6 Å². The molecular formula is C11H18O4. The van der Waals surface area contributed by atoms with Gasteiger partial charge in [-0.3, -0.25) is 9.59 Å². The smallest absolute Gasteiger partial charge is 0.306 e. The molecule has 0 aliphatic heterocycles. The fourth-order valence-corrected chi connectivity index (χ4v) is 1.59. The molecule has 0 spiro atoms. The highest BCUT2D eigenvalue weighted by atomic mass is 16.5. The van der Waals surface area contributed by atoms with Gasteiger partial charge in [0.1, 0.15) is 6.10 Å². The fourth-order valence-electron chi connectivity index (χ4n) is 1.59. The molecule has 0 aromatic rings. The van der Waals surface area contributed by atoms with Crippen molar-refractivity contribution in [2.24, 2.45) is 5.92 Å². The van der Waals surface area contributed by atoms with Crippen LogP contribution < -0.4 is 0 Å². The monoisotopic (exact) mass is 214 g/mol. The van der Waals surface area contributed by atoms with Gasteiger partial charge in [0.25, 0.3) is 0 Å². The van der Waals surface area contributed by atoms with Gasteiger partial charge in [0, 0.05) is 13.5 Å². The maximum absolute atomic E-state index is 11.6. The first-order valence-corrected chi connectivity index (χ1v) is 5.40. The molecule has 4 nitrogen and oxygen atoms in total. The molecule has 86 valence electrons. The Morgan fingerprint density at radius 2 is 2.00 bits per heavy atom. The summed E-state index contributed by atoms with van der Waals surface area (Å²) in [4.78, 5) is 22.7. The van der Waals surface area contributed by atoms with Gasteiger partial charge in [-0.25, -0.2) is 0 Å². The van der Waals surface area contributed by atoms with Gasteiger partial charge in [-0.05, 0) is 25.7 Å². The summed E-state index contributed by atoms with van der Waals surface area (Å²) in [6.45, 7) is 2.12. The van der Waals surface area contributed by atoms with Crippen molar-refractivity contribution >= 4 is 11.8 Å². The van der Waals surface area contributed by atoms with Crippen LogP contribution in [0.25, 0.3) is 0 Å². The van der Waals surface area contributed by atoms with Crippen molar-refractivity contribution in [1.82, 2.24) is 0 Å².